The second-order valence-corrected chi connectivity index (χ2v) is 4.27. The van der Waals surface area contributed by atoms with Crippen LogP contribution < -0.4 is 0 Å². The Hall–Kier alpha value is -1.89. The van der Waals surface area contributed by atoms with E-state index < -0.39 is 10.3 Å². The summed E-state index contributed by atoms with van der Waals surface area (Å²) in [4.78, 5) is 10.1. The summed E-state index contributed by atoms with van der Waals surface area (Å²) in [6.07, 6.45) is 0. The average Bonchev–Trinajstić information content (AvgIpc) is 2.27. The summed E-state index contributed by atoms with van der Waals surface area (Å²) < 4.78 is 0. The topological polar surface area (TPSA) is 66.9 Å². The number of benzene rings is 1. The lowest BCUT2D eigenvalue weighted by atomic mass is 9.75. The van der Waals surface area contributed by atoms with Crippen LogP contribution in [0, 0.1) is 27.4 Å². The molecular formula is C12H14N2O2. The van der Waals surface area contributed by atoms with Crippen LogP contribution in [0.1, 0.15) is 26.3 Å². The molecule has 1 aromatic rings. The Morgan fingerprint density at radius 1 is 1.38 bits per heavy atom. The highest BCUT2D eigenvalue weighted by atomic mass is 16.6. The van der Waals surface area contributed by atoms with Crippen LogP contribution in [0.5, 0.6) is 0 Å². The third kappa shape index (κ3) is 2.03. The SMILES string of the molecule is CC(C)C(C)(C#N)c1ccc([N+](=O)[O-])cc1. The minimum Gasteiger partial charge on any atom is -0.258 e. The van der Waals surface area contributed by atoms with Gasteiger partial charge < -0.3 is 0 Å². The quantitative estimate of drug-likeness (QED) is 0.578. The molecule has 0 radical (unpaired) electrons. The van der Waals surface area contributed by atoms with Crippen molar-refractivity contribution in [2.45, 2.75) is 26.2 Å². The van der Waals surface area contributed by atoms with E-state index in [2.05, 4.69) is 6.07 Å². The monoisotopic (exact) mass is 218 g/mol. The van der Waals surface area contributed by atoms with E-state index >= 15 is 0 Å². The maximum absolute atomic E-state index is 10.5. The lowest BCUT2D eigenvalue weighted by Gasteiger charge is -2.26. The number of nitro benzene ring substituents is 1. The van der Waals surface area contributed by atoms with E-state index in [0.717, 1.165) is 5.56 Å². The maximum Gasteiger partial charge on any atom is 0.269 e. The Bertz CT molecular complexity index is 431. The van der Waals surface area contributed by atoms with E-state index in [-0.39, 0.29) is 11.6 Å². The predicted molar refractivity (Wildman–Crippen MR) is 60.9 cm³/mol. The molecule has 0 amide bonds. The lowest BCUT2D eigenvalue weighted by Crippen LogP contribution is -2.26. The third-order valence-corrected chi connectivity index (χ3v) is 3.06. The van der Waals surface area contributed by atoms with Crippen LogP contribution >= 0.6 is 0 Å². The number of hydrogen-bond acceptors (Lipinski definition) is 3. The van der Waals surface area contributed by atoms with Crippen LogP contribution in [0.15, 0.2) is 24.3 Å². The molecule has 84 valence electrons. The fourth-order valence-electron chi connectivity index (χ4n) is 1.46. The van der Waals surface area contributed by atoms with Crippen LogP contribution in [0.2, 0.25) is 0 Å². The summed E-state index contributed by atoms with van der Waals surface area (Å²) in [5.74, 6) is 0.152. The highest BCUT2D eigenvalue weighted by Crippen LogP contribution is 2.32. The van der Waals surface area contributed by atoms with E-state index in [1.54, 1.807) is 12.1 Å². The number of nitro groups is 1. The van der Waals surface area contributed by atoms with Gasteiger partial charge in [0.1, 0.15) is 0 Å². The van der Waals surface area contributed by atoms with Gasteiger partial charge in [0.15, 0.2) is 0 Å². The second kappa shape index (κ2) is 4.31. The van der Waals surface area contributed by atoms with E-state index in [0.29, 0.717) is 0 Å². The number of hydrogen-bond donors (Lipinski definition) is 0. The molecular weight excluding hydrogens is 204 g/mol. The van der Waals surface area contributed by atoms with Crippen LogP contribution in [0.3, 0.4) is 0 Å². The van der Waals surface area contributed by atoms with E-state index in [4.69, 9.17) is 0 Å². The molecule has 0 saturated heterocycles. The highest BCUT2D eigenvalue weighted by molar-refractivity contribution is 5.39. The Balaban J connectivity index is 3.15. The Morgan fingerprint density at radius 3 is 2.19 bits per heavy atom. The standard InChI is InChI=1S/C12H14N2O2/c1-9(2)12(3,8-13)10-4-6-11(7-5-10)14(15)16/h4-7,9H,1-3H3. The van der Waals surface area contributed by atoms with Gasteiger partial charge in [0.05, 0.1) is 16.4 Å². The number of nitrogens with zero attached hydrogens (tertiary/aromatic N) is 2. The van der Waals surface area contributed by atoms with Gasteiger partial charge in [-0.2, -0.15) is 5.26 Å². The Morgan fingerprint density at radius 2 is 1.88 bits per heavy atom. The van der Waals surface area contributed by atoms with Crippen LogP contribution in [0.4, 0.5) is 5.69 Å². The maximum atomic E-state index is 10.5. The summed E-state index contributed by atoms with van der Waals surface area (Å²) >= 11 is 0. The zero-order valence-corrected chi connectivity index (χ0v) is 9.60. The molecule has 1 atom stereocenters. The molecule has 0 aromatic heterocycles. The Labute approximate surface area is 94.7 Å². The fourth-order valence-corrected chi connectivity index (χ4v) is 1.46. The van der Waals surface area contributed by atoms with E-state index in [9.17, 15) is 15.4 Å². The molecule has 0 fully saturated rings. The minimum atomic E-state index is -0.602. The molecule has 0 heterocycles. The first kappa shape index (κ1) is 12.2. The van der Waals surface area contributed by atoms with Crippen molar-refractivity contribution >= 4 is 5.69 Å². The molecule has 0 aliphatic rings. The molecule has 4 heteroatoms. The van der Waals surface area contributed by atoms with Gasteiger partial charge in [0, 0.05) is 12.1 Å². The summed E-state index contributed by atoms with van der Waals surface area (Å²) in [6, 6.07) is 8.46. The predicted octanol–water partition coefficient (Wildman–Crippen LogP) is 3.03. The molecule has 1 aromatic carbocycles. The van der Waals surface area contributed by atoms with Gasteiger partial charge in [0.25, 0.3) is 5.69 Å². The summed E-state index contributed by atoms with van der Waals surface area (Å²) in [6.45, 7) is 5.77. The normalized spacial score (nSPS) is 14.2. The van der Waals surface area contributed by atoms with Crippen molar-refractivity contribution < 1.29 is 4.92 Å². The molecule has 16 heavy (non-hydrogen) atoms. The van der Waals surface area contributed by atoms with Crippen molar-refractivity contribution in [2.24, 2.45) is 5.92 Å². The van der Waals surface area contributed by atoms with Crippen molar-refractivity contribution in [3.05, 3.63) is 39.9 Å². The summed E-state index contributed by atoms with van der Waals surface area (Å²) in [7, 11) is 0. The van der Waals surface area contributed by atoms with Gasteiger partial charge in [-0.15, -0.1) is 0 Å². The largest absolute Gasteiger partial charge is 0.269 e. The smallest absolute Gasteiger partial charge is 0.258 e. The first-order valence-corrected chi connectivity index (χ1v) is 5.08. The van der Waals surface area contributed by atoms with Gasteiger partial charge in [0.2, 0.25) is 0 Å². The van der Waals surface area contributed by atoms with Gasteiger partial charge in [-0.1, -0.05) is 26.0 Å². The molecule has 1 rings (SSSR count). The van der Waals surface area contributed by atoms with Crippen molar-refractivity contribution in [1.29, 1.82) is 5.26 Å². The van der Waals surface area contributed by atoms with E-state index in [1.165, 1.54) is 12.1 Å². The second-order valence-electron chi connectivity index (χ2n) is 4.27. The molecule has 4 nitrogen and oxygen atoms in total. The fraction of sp³-hybridized carbons (Fsp3) is 0.417. The van der Waals surface area contributed by atoms with Gasteiger partial charge >= 0.3 is 0 Å². The van der Waals surface area contributed by atoms with Gasteiger partial charge in [-0.05, 0) is 18.4 Å². The number of rotatable bonds is 3. The molecule has 1 unspecified atom stereocenters. The Kier molecular flexibility index (Phi) is 3.28. The number of nitriles is 1. The van der Waals surface area contributed by atoms with Gasteiger partial charge in [-0.3, -0.25) is 10.1 Å². The van der Waals surface area contributed by atoms with Crippen molar-refractivity contribution in [3.63, 3.8) is 0 Å². The molecule has 0 saturated carbocycles. The van der Waals surface area contributed by atoms with E-state index in [1.807, 2.05) is 20.8 Å². The lowest BCUT2D eigenvalue weighted by molar-refractivity contribution is -0.384. The van der Waals surface area contributed by atoms with Gasteiger partial charge in [-0.25, -0.2) is 0 Å². The molecule has 0 spiro atoms. The van der Waals surface area contributed by atoms with Crippen LogP contribution in [0.25, 0.3) is 0 Å². The third-order valence-electron chi connectivity index (χ3n) is 3.06. The molecule has 0 bridgehead atoms. The van der Waals surface area contributed by atoms with Crippen LogP contribution in [-0.4, -0.2) is 4.92 Å². The highest BCUT2D eigenvalue weighted by Gasteiger charge is 2.30. The summed E-state index contributed by atoms with van der Waals surface area (Å²) in [5, 5.41) is 19.7. The zero-order chi connectivity index (χ0) is 12.3. The first-order chi connectivity index (χ1) is 7.41. The first-order valence-electron chi connectivity index (χ1n) is 5.08. The molecule has 0 N–H and O–H groups in total. The van der Waals surface area contributed by atoms with Crippen molar-refractivity contribution in [2.75, 3.05) is 0 Å². The van der Waals surface area contributed by atoms with Crippen LogP contribution in [-0.2, 0) is 5.41 Å². The molecule has 0 aliphatic carbocycles. The van der Waals surface area contributed by atoms with Crippen molar-refractivity contribution in [1.82, 2.24) is 0 Å². The zero-order valence-electron chi connectivity index (χ0n) is 9.60. The average molecular weight is 218 g/mol. The molecule has 0 aliphatic heterocycles. The van der Waals surface area contributed by atoms with Crippen molar-refractivity contribution in [3.8, 4) is 6.07 Å². The summed E-state index contributed by atoms with van der Waals surface area (Å²) in [5.41, 5.74) is 0.262. The number of non-ortho nitro benzene ring substituents is 1. The minimum absolute atomic E-state index is 0.0489.